The molecule has 0 spiro atoms. The molecule has 0 aromatic rings. The second-order valence-corrected chi connectivity index (χ2v) is 4.41. The van der Waals surface area contributed by atoms with Crippen molar-refractivity contribution in [2.75, 3.05) is 19.3 Å². The Hall–Kier alpha value is -0.0200. The SMILES string of the molecule is CC.CC.CCCSC(=O)C1CCCN1C. The first-order valence-electron chi connectivity index (χ1n) is 6.62. The number of carbonyl (C=O) groups is 1. The summed E-state index contributed by atoms with van der Waals surface area (Å²) in [4.78, 5) is 13.7. The molecule has 0 saturated carbocycles. The number of nitrogens with zero attached hydrogens (tertiary/aromatic N) is 1. The van der Waals surface area contributed by atoms with Crippen LogP contribution in [0.25, 0.3) is 0 Å². The van der Waals surface area contributed by atoms with Crippen LogP contribution in [0.4, 0.5) is 0 Å². The van der Waals surface area contributed by atoms with Gasteiger partial charge in [-0.25, -0.2) is 0 Å². The predicted molar refractivity (Wildman–Crippen MR) is 76.1 cm³/mol. The van der Waals surface area contributed by atoms with Crippen LogP contribution in [0.5, 0.6) is 0 Å². The van der Waals surface area contributed by atoms with Crippen LogP contribution in [0.15, 0.2) is 0 Å². The van der Waals surface area contributed by atoms with E-state index in [4.69, 9.17) is 0 Å². The number of likely N-dealkylation sites (tertiary alicyclic amines) is 1. The average molecular weight is 247 g/mol. The van der Waals surface area contributed by atoms with Gasteiger partial charge in [-0.3, -0.25) is 9.69 Å². The minimum atomic E-state index is 0.210. The van der Waals surface area contributed by atoms with Gasteiger partial charge in [0.25, 0.3) is 0 Å². The van der Waals surface area contributed by atoms with Crippen LogP contribution in [-0.2, 0) is 4.79 Å². The molecule has 3 heteroatoms. The van der Waals surface area contributed by atoms with E-state index in [1.807, 2.05) is 34.7 Å². The fourth-order valence-corrected chi connectivity index (χ4v) is 2.40. The lowest BCUT2D eigenvalue weighted by Crippen LogP contribution is -2.31. The molecule has 0 N–H and O–H groups in total. The van der Waals surface area contributed by atoms with Crippen LogP contribution < -0.4 is 0 Å². The van der Waals surface area contributed by atoms with Gasteiger partial charge in [-0.05, 0) is 32.9 Å². The normalized spacial score (nSPS) is 19.2. The molecule has 0 aliphatic carbocycles. The zero-order valence-electron chi connectivity index (χ0n) is 11.9. The first-order chi connectivity index (χ1) is 7.75. The Kier molecular flexibility index (Phi) is 15.0. The molecule has 1 rings (SSSR count). The van der Waals surface area contributed by atoms with E-state index in [-0.39, 0.29) is 6.04 Å². The summed E-state index contributed by atoms with van der Waals surface area (Å²) in [5.41, 5.74) is 0. The van der Waals surface area contributed by atoms with Gasteiger partial charge in [-0.2, -0.15) is 0 Å². The Bertz CT molecular complexity index is 162. The molecule has 0 bridgehead atoms. The number of hydrogen-bond acceptors (Lipinski definition) is 3. The summed E-state index contributed by atoms with van der Waals surface area (Å²) >= 11 is 1.50. The maximum atomic E-state index is 11.5. The Labute approximate surface area is 106 Å². The van der Waals surface area contributed by atoms with E-state index in [0.29, 0.717) is 5.12 Å². The maximum Gasteiger partial charge on any atom is 0.206 e. The Morgan fingerprint density at radius 3 is 2.25 bits per heavy atom. The van der Waals surface area contributed by atoms with Gasteiger partial charge in [0.1, 0.15) is 0 Å². The Balaban J connectivity index is 0. The molecule has 1 unspecified atom stereocenters. The summed E-state index contributed by atoms with van der Waals surface area (Å²) in [7, 11) is 2.04. The maximum absolute atomic E-state index is 11.5. The van der Waals surface area contributed by atoms with Crippen molar-refractivity contribution in [2.24, 2.45) is 0 Å². The van der Waals surface area contributed by atoms with E-state index in [0.717, 1.165) is 25.1 Å². The van der Waals surface area contributed by atoms with E-state index < -0.39 is 0 Å². The van der Waals surface area contributed by atoms with Crippen LogP contribution in [0, 0.1) is 0 Å². The molecule has 1 fully saturated rings. The topological polar surface area (TPSA) is 20.3 Å². The third kappa shape index (κ3) is 7.29. The van der Waals surface area contributed by atoms with Crippen LogP contribution in [0.1, 0.15) is 53.9 Å². The first-order valence-corrected chi connectivity index (χ1v) is 7.61. The standard InChI is InChI=1S/C9H17NOS.2C2H6/c1-3-7-12-9(11)8-5-4-6-10(8)2;2*1-2/h8H,3-7H2,1-2H3;2*1-2H3. The largest absolute Gasteiger partial charge is 0.296 e. The van der Waals surface area contributed by atoms with Crippen molar-refractivity contribution in [3.05, 3.63) is 0 Å². The summed E-state index contributed by atoms with van der Waals surface area (Å²) in [6.45, 7) is 11.2. The van der Waals surface area contributed by atoms with Crippen molar-refractivity contribution in [1.29, 1.82) is 0 Å². The third-order valence-corrected chi connectivity index (χ3v) is 3.41. The quantitative estimate of drug-likeness (QED) is 0.756. The van der Waals surface area contributed by atoms with Gasteiger partial charge in [-0.1, -0.05) is 46.4 Å². The lowest BCUT2D eigenvalue weighted by atomic mass is 10.2. The van der Waals surface area contributed by atoms with Crippen molar-refractivity contribution in [2.45, 2.75) is 59.9 Å². The minimum Gasteiger partial charge on any atom is -0.296 e. The Morgan fingerprint density at radius 2 is 1.88 bits per heavy atom. The van der Waals surface area contributed by atoms with Gasteiger partial charge in [0.15, 0.2) is 0 Å². The van der Waals surface area contributed by atoms with E-state index in [1.165, 1.54) is 18.2 Å². The van der Waals surface area contributed by atoms with E-state index in [9.17, 15) is 4.79 Å². The second-order valence-electron chi connectivity index (χ2n) is 3.31. The van der Waals surface area contributed by atoms with Crippen molar-refractivity contribution < 1.29 is 4.79 Å². The van der Waals surface area contributed by atoms with Crippen LogP contribution in [-0.4, -0.2) is 35.4 Å². The highest BCUT2D eigenvalue weighted by Crippen LogP contribution is 2.20. The van der Waals surface area contributed by atoms with Crippen LogP contribution >= 0.6 is 11.8 Å². The zero-order chi connectivity index (χ0) is 13.0. The van der Waals surface area contributed by atoms with Crippen molar-refractivity contribution in [3.63, 3.8) is 0 Å². The highest BCUT2D eigenvalue weighted by Gasteiger charge is 2.27. The van der Waals surface area contributed by atoms with Gasteiger partial charge in [-0.15, -0.1) is 0 Å². The number of thioether (sulfide) groups is 1. The summed E-state index contributed by atoms with van der Waals surface area (Å²) in [6.07, 6.45) is 3.33. The molecule has 2 nitrogen and oxygen atoms in total. The summed E-state index contributed by atoms with van der Waals surface area (Å²) in [6, 6.07) is 0.210. The molecule has 1 aliphatic rings. The fourth-order valence-electron chi connectivity index (χ4n) is 1.51. The van der Waals surface area contributed by atoms with E-state index in [2.05, 4.69) is 11.8 Å². The number of likely N-dealkylation sites (N-methyl/N-ethyl adjacent to an activating group) is 1. The number of carbonyl (C=O) groups excluding carboxylic acids is 1. The van der Waals surface area contributed by atoms with Gasteiger partial charge in [0.05, 0.1) is 6.04 Å². The van der Waals surface area contributed by atoms with Gasteiger partial charge in [0.2, 0.25) is 5.12 Å². The highest BCUT2D eigenvalue weighted by molar-refractivity contribution is 8.13. The smallest absolute Gasteiger partial charge is 0.206 e. The minimum absolute atomic E-state index is 0.210. The van der Waals surface area contributed by atoms with Gasteiger partial charge in [0, 0.05) is 5.75 Å². The van der Waals surface area contributed by atoms with Gasteiger partial charge >= 0.3 is 0 Å². The highest BCUT2D eigenvalue weighted by atomic mass is 32.2. The lowest BCUT2D eigenvalue weighted by Gasteiger charge is -2.16. The predicted octanol–water partition coefficient (Wildman–Crippen LogP) is 3.80. The van der Waals surface area contributed by atoms with E-state index >= 15 is 0 Å². The molecular formula is C13H29NOS. The summed E-state index contributed by atoms with van der Waals surface area (Å²) in [5.74, 6) is 0.975. The van der Waals surface area contributed by atoms with Crippen LogP contribution in [0.2, 0.25) is 0 Å². The van der Waals surface area contributed by atoms with E-state index in [1.54, 1.807) is 0 Å². The molecular weight excluding hydrogens is 218 g/mol. The molecule has 0 amide bonds. The number of rotatable bonds is 3. The summed E-state index contributed by atoms with van der Waals surface area (Å²) in [5, 5.41) is 0.372. The second kappa shape index (κ2) is 13.0. The number of hydrogen-bond donors (Lipinski definition) is 0. The molecule has 1 heterocycles. The molecule has 16 heavy (non-hydrogen) atoms. The molecule has 1 aliphatic heterocycles. The zero-order valence-corrected chi connectivity index (χ0v) is 12.7. The molecule has 1 saturated heterocycles. The van der Waals surface area contributed by atoms with Gasteiger partial charge < -0.3 is 0 Å². The first kappa shape index (κ1) is 18.3. The van der Waals surface area contributed by atoms with Crippen molar-refractivity contribution in [3.8, 4) is 0 Å². The molecule has 0 aromatic heterocycles. The van der Waals surface area contributed by atoms with Crippen molar-refractivity contribution in [1.82, 2.24) is 4.90 Å². The Morgan fingerprint density at radius 1 is 1.31 bits per heavy atom. The lowest BCUT2D eigenvalue weighted by molar-refractivity contribution is -0.114. The van der Waals surface area contributed by atoms with Crippen molar-refractivity contribution >= 4 is 16.9 Å². The summed E-state index contributed by atoms with van der Waals surface area (Å²) < 4.78 is 0. The molecule has 0 aromatic carbocycles. The average Bonchev–Trinajstić information content (AvgIpc) is 2.77. The fraction of sp³-hybridized carbons (Fsp3) is 0.923. The molecule has 98 valence electrons. The molecule has 0 radical (unpaired) electrons. The monoisotopic (exact) mass is 247 g/mol. The third-order valence-electron chi connectivity index (χ3n) is 2.24. The molecule has 1 atom stereocenters. The van der Waals surface area contributed by atoms with Crippen LogP contribution in [0.3, 0.4) is 0 Å².